The molecule has 1 heterocycles. The zero-order chi connectivity index (χ0) is 14.5. The molecule has 0 bridgehead atoms. The Hall–Kier alpha value is -2.07. The van der Waals surface area contributed by atoms with Gasteiger partial charge in [-0.3, -0.25) is 4.79 Å². The van der Waals surface area contributed by atoms with Gasteiger partial charge >= 0.3 is 0 Å². The number of nitrogens with one attached hydrogen (secondary N) is 1. The molecular formula is C16H20N2O2. The Kier molecular flexibility index (Phi) is 4.58. The lowest BCUT2D eigenvalue weighted by Gasteiger charge is -2.11. The number of benzene rings is 1. The molecule has 0 radical (unpaired) electrons. The fourth-order valence-corrected chi connectivity index (χ4v) is 2.00. The van der Waals surface area contributed by atoms with Crippen molar-refractivity contribution in [3.8, 4) is 0 Å². The smallest absolute Gasteiger partial charge is 0.291 e. The van der Waals surface area contributed by atoms with Crippen LogP contribution in [0.2, 0.25) is 0 Å². The van der Waals surface area contributed by atoms with Crippen LogP contribution in [0.4, 0.5) is 5.69 Å². The van der Waals surface area contributed by atoms with E-state index in [9.17, 15) is 4.79 Å². The number of nitrogens with zero attached hydrogens (tertiary/aromatic N) is 1. The van der Waals surface area contributed by atoms with Crippen LogP contribution in [0.3, 0.4) is 0 Å². The predicted molar refractivity (Wildman–Crippen MR) is 79.9 cm³/mol. The van der Waals surface area contributed by atoms with E-state index in [1.165, 1.54) is 0 Å². The molecule has 0 saturated carbocycles. The molecule has 106 valence electrons. The summed E-state index contributed by atoms with van der Waals surface area (Å²) in [4.78, 5) is 14.1. The summed E-state index contributed by atoms with van der Waals surface area (Å²) in [6.07, 6.45) is 0.783. The molecule has 1 aromatic heterocycles. The number of rotatable bonds is 5. The lowest BCUT2D eigenvalue weighted by Crippen LogP contribution is -2.13. The van der Waals surface area contributed by atoms with E-state index in [0.717, 1.165) is 30.0 Å². The van der Waals surface area contributed by atoms with Crippen LogP contribution in [0.15, 0.2) is 40.8 Å². The van der Waals surface area contributed by atoms with Gasteiger partial charge in [-0.25, -0.2) is 0 Å². The summed E-state index contributed by atoms with van der Waals surface area (Å²) in [6.45, 7) is 2.83. The van der Waals surface area contributed by atoms with E-state index in [4.69, 9.17) is 4.42 Å². The minimum Gasteiger partial charge on any atom is -0.456 e. The molecule has 1 amide bonds. The van der Waals surface area contributed by atoms with Gasteiger partial charge in [0, 0.05) is 18.7 Å². The number of hydrogen-bond donors (Lipinski definition) is 1. The number of carbonyl (C=O) groups is 1. The van der Waals surface area contributed by atoms with Gasteiger partial charge in [-0.1, -0.05) is 19.1 Å². The molecule has 0 fully saturated rings. The fourth-order valence-electron chi connectivity index (χ4n) is 2.00. The van der Waals surface area contributed by atoms with Crippen LogP contribution in [0, 0.1) is 0 Å². The fraction of sp³-hybridized carbons (Fsp3) is 0.312. The van der Waals surface area contributed by atoms with Gasteiger partial charge in [-0.2, -0.15) is 0 Å². The lowest BCUT2D eigenvalue weighted by atomic mass is 10.2. The predicted octanol–water partition coefficient (Wildman–Crippen LogP) is 3.16. The Bertz CT molecular complexity index is 588. The van der Waals surface area contributed by atoms with E-state index in [-0.39, 0.29) is 5.91 Å². The summed E-state index contributed by atoms with van der Waals surface area (Å²) < 4.78 is 5.44. The first-order valence-corrected chi connectivity index (χ1v) is 6.72. The van der Waals surface area contributed by atoms with E-state index in [1.54, 1.807) is 6.07 Å². The van der Waals surface area contributed by atoms with Gasteiger partial charge in [0.1, 0.15) is 5.76 Å². The van der Waals surface area contributed by atoms with E-state index >= 15 is 0 Å². The summed E-state index contributed by atoms with van der Waals surface area (Å²) in [5, 5.41) is 2.86. The molecule has 4 heteroatoms. The Morgan fingerprint density at radius 2 is 2.05 bits per heavy atom. The SMILES string of the molecule is CCc1ccc(C(=O)Nc2cccc(CN(C)C)c2)o1. The molecule has 2 rings (SSSR count). The van der Waals surface area contributed by atoms with Crippen LogP contribution in [-0.4, -0.2) is 24.9 Å². The number of anilines is 1. The van der Waals surface area contributed by atoms with Crippen molar-refractivity contribution in [1.29, 1.82) is 0 Å². The van der Waals surface area contributed by atoms with Gasteiger partial charge in [0.05, 0.1) is 0 Å². The quantitative estimate of drug-likeness (QED) is 0.909. The first-order valence-electron chi connectivity index (χ1n) is 6.72. The van der Waals surface area contributed by atoms with E-state index in [0.29, 0.717) is 5.76 Å². The highest BCUT2D eigenvalue weighted by atomic mass is 16.3. The van der Waals surface area contributed by atoms with Gasteiger partial charge in [0.15, 0.2) is 5.76 Å². The van der Waals surface area contributed by atoms with E-state index < -0.39 is 0 Å². The summed E-state index contributed by atoms with van der Waals surface area (Å²) in [6, 6.07) is 11.4. The van der Waals surface area contributed by atoms with Crippen molar-refractivity contribution < 1.29 is 9.21 Å². The third kappa shape index (κ3) is 3.71. The maximum atomic E-state index is 12.1. The van der Waals surface area contributed by atoms with Gasteiger partial charge < -0.3 is 14.6 Å². The highest BCUT2D eigenvalue weighted by molar-refractivity contribution is 6.02. The molecule has 20 heavy (non-hydrogen) atoms. The minimum atomic E-state index is -0.216. The zero-order valence-electron chi connectivity index (χ0n) is 12.1. The minimum absolute atomic E-state index is 0.216. The second-order valence-electron chi connectivity index (χ2n) is 5.01. The monoisotopic (exact) mass is 272 g/mol. The molecule has 0 aliphatic rings. The average Bonchev–Trinajstić information content (AvgIpc) is 2.87. The second kappa shape index (κ2) is 6.39. The third-order valence-corrected chi connectivity index (χ3v) is 2.92. The maximum Gasteiger partial charge on any atom is 0.291 e. The molecule has 0 aliphatic carbocycles. The summed E-state index contributed by atoms with van der Waals surface area (Å²) in [5.74, 6) is 0.947. The second-order valence-corrected chi connectivity index (χ2v) is 5.01. The summed E-state index contributed by atoms with van der Waals surface area (Å²) in [5.41, 5.74) is 1.94. The Morgan fingerprint density at radius 3 is 2.70 bits per heavy atom. The van der Waals surface area contributed by atoms with E-state index in [1.807, 2.05) is 51.4 Å². The van der Waals surface area contributed by atoms with Crippen molar-refractivity contribution in [2.45, 2.75) is 19.9 Å². The van der Waals surface area contributed by atoms with Crippen molar-refractivity contribution in [2.24, 2.45) is 0 Å². The average molecular weight is 272 g/mol. The Morgan fingerprint density at radius 1 is 1.25 bits per heavy atom. The number of furan rings is 1. The van der Waals surface area contributed by atoms with Crippen molar-refractivity contribution in [2.75, 3.05) is 19.4 Å². The van der Waals surface area contributed by atoms with Crippen LogP contribution >= 0.6 is 0 Å². The molecule has 0 unspecified atom stereocenters. The Balaban J connectivity index is 2.07. The molecule has 4 nitrogen and oxygen atoms in total. The zero-order valence-corrected chi connectivity index (χ0v) is 12.1. The lowest BCUT2D eigenvalue weighted by molar-refractivity contribution is 0.0995. The van der Waals surface area contributed by atoms with Crippen LogP contribution in [-0.2, 0) is 13.0 Å². The summed E-state index contributed by atoms with van der Waals surface area (Å²) in [7, 11) is 4.03. The number of amides is 1. The van der Waals surface area contributed by atoms with Crippen LogP contribution in [0.25, 0.3) is 0 Å². The number of carbonyl (C=O) groups excluding carboxylic acids is 1. The highest BCUT2D eigenvalue weighted by Gasteiger charge is 2.11. The van der Waals surface area contributed by atoms with Crippen LogP contribution < -0.4 is 5.32 Å². The van der Waals surface area contributed by atoms with Gasteiger partial charge in [-0.15, -0.1) is 0 Å². The van der Waals surface area contributed by atoms with Gasteiger partial charge in [0.2, 0.25) is 0 Å². The number of aryl methyl sites for hydroxylation is 1. The third-order valence-electron chi connectivity index (χ3n) is 2.92. The largest absolute Gasteiger partial charge is 0.456 e. The Labute approximate surface area is 119 Å². The summed E-state index contributed by atoms with van der Waals surface area (Å²) >= 11 is 0. The van der Waals surface area contributed by atoms with Crippen LogP contribution in [0.5, 0.6) is 0 Å². The molecule has 1 N–H and O–H groups in total. The number of hydrogen-bond acceptors (Lipinski definition) is 3. The first kappa shape index (κ1) is 14.3. The standard InChI is InChI=1S/C16H20N2O2/c1-4-14-8-9-15(20-14)16(19)17-13-7-5-6-12(10-13)11-18(2)3/h5-10H,4,11H2,1-3H3,(H,17,19). The molecule has 0 atom stereocenters. The van der Waals surface area contributed by atoms with Crippen molar-refractivity contribution in [3.63, 3.8) is 0 Å². The van der Waals surface area contributed by atoms with Gasteiger partial charge in [0.25, 0.3) is 5.91 Å². The molecular weight excluding hydrogens is 252 g/mol. The van der Waals surface area contributed by atoms with Crippen molar-refractivity contribution in [1.82, 2.24) is 4.90 Å². The van der Waals surface area contributed by atoms with Gasteiger partial charge in [-0.05, 0) is 43.9 Å². The molecule has 0 spiro atoms. The normalized spacial score (nSPS) is 10.8. The molecule has 0 saturated heterocycles. The van der Waals surface area contributed by atoms with Crippen LogP contribution in [0.1, 0.15) is 28.8 Å². The maximum absolute atomic E-state index is 12.1. The van der Waals surface area contributed by atoms with Crippen molar-refractivity contribution >= 4 is 11.6 Å². The van der Waals surface area contributed by atoms with Crippen molar-refractivity contribution in [3.05, 3.63) is 53.5 Å². The van der Waals surface area contributed by atoms with E-state index in [2.05, 4.69) is 10.2 Å². The molecule has 2 aromatic rings. The molecule has 1 aromatic carbocycles. The topological polar surface area (TPSA) is 45.5 Å². The molecule has 0 aliphatic heterocycles. The highest BCUT2D eigenvalue weighted by Crippen LogP contribution is 2.15. The first-order chi connectivity index (χ1) is 9.58.